The molecule has 0 N–H and O–H groups in total. The van der Waals surface area contributed by atoms with Gasteiger partial charge in [-0.25, -0.2) is 4.98 Å². The van der Waals surface area contributed by atoms with Crippen LogP contribution in [-0.4, -0.2) is 11.0 Å². The zero-order chi connectivity index (χ0) is 27.0. The zero-order valence-electron chi connectivity index (χ0n) is 18.8. The Balaban J connectivity index is 1.84. The number of hydrogen-bond acceptors (Lipinski definition) is 4. The summed E-state index contributed by atoms with van der Waals surface area (Å²) >= 11 is 3.31. The van der Waals surface area contributed by atoms with Crippen LogP contribution in [0, 0.1) is 0 Å². The second-order valence-electron chi connectivity index (χ2n) is 8.35. The second kappa shape index (κ2) is 10.2. The summed E-state index contributed by atoms with van der Waals surface area (Å²) in [5, 5.41) is 11.3. The molecule has 4 nitrogen and oxygen atoms in total. The van der Waals surface area contributed by atoms with Crippen molar-refractivity contribution in [1.29, 1.82) is 0 Å². The summed E-state index contributed by atoms with van der Waals surface area (Å²) in [7, 11) is 0. The number of halogens is 7. The molecule has 0 atom stereocenters. The molecule has 0 saturated carbocycles. The molecule has 3 aromatic rings. The minimum Gasteiger partial charge on any atom is -0.543 e. The molecule has 37 heavy (non-hydrogen) atoms. The van der Waals surface area contributed by atoms with Crippen LogP contribution in [0.2, 0.25) is 0 Å². The SMILES string of the molecule is O=C([O-])c1cc(C(F)(F)F)cc(C2=C(c3cc(C(F)(F)F)ccc3OCc3ccc(Br)cc3)CCC2)n1. The minimum atomic E-state index is -4.86. The van der Waals surface area contributed by atoms with E-state index in [0.29, 0.717) is 24.1 Å². The first-order valence-electron chi connectivity index (χ1n) is 10.9. The first kappa shape index (κ1) is 26.7. The Hall–Kier alpha value is -3.34. The monoisotopic (exact) mass is 584 g/mol. The summed E-state index contributed by atoms with van der Waals surface area (Å²) < 4.78 is 87.7. The van der Waals surface area contributed by atoms with Gasteiger partial charge in [-0.15, -0.1) is 0 Å². The van der Waals surface area contributed by atoms with Gasteiger partial charge < -0.3 is 14.6 Å². The van der Waals surface area contributed by atoms with Crippen LogP contribution in [0.15, 0.2) is 59.1 Å². The molecule has 194 valence electrons. The number of alkyl halides is 6. The van der Waals surface area contributed by atoms with Gasteiger partial charge in [-0.2, -0.15) is 26.3 Å². The molecule has 1 aliphatic rings. The number of hydrogen-bond donors (Lipinski definition) is 0. The van der Waals surface area contributed by atoms with Crippen LogP contribution in [0.3, 0.4) is 0 Å². The zero-order valence-corrected chi connectivity index (χ0v) is 20.4. The molecular weight excluding hydrogens is 568 g/mol. The highest BCUT2D eigenvalue weighted by Crippen LogP contribution is 2.45. The standard InChI is InChI=1S/C26H18BrF6NO3/c27-17-7-4-14(5-8-17)13-37-23-9-6-15(25(28,29)30)10-20(23)18-2-1-3-19(18)21-11-16(26(31,32)33)12-22(34-21)24(35)36/h4-12H,1-3,13H2,(H,35,36)/p-1. The molecule has 0 unspecified atom stereocenters. The van der Waals surface area contributed by atoms with E-state index in [4.69, 9.17) is 4.74 Å². The van der Waals surface area contributed by atoms with Crippen molar-refractivity contribution in [3.05, 3.63) is 92.7 Å². The van der Waals surface area contributed by atoms with E-state index >= 15 is 0 Å². The van der Waals surface area contributed by atoms with E-state index < -0.39 is 35.1 Å². The highest BCUT2D eigenvalue weighted by molar-refractivity contribution is 9.10. The Morgan fingerprint density at radius 2 is 1.54 bits per heavy atom. The van der Waals surface area contributed by atoms with E-state index in [2.05, 4.69) is 20.9 Å². The number of pyridine rings is 1. The molecule has 0 aliphatic heterocycles. The Bertz CT molecular complexity index is 1360. The van der Waals surface area contributed by atoms with Gasteiger partial charge in [-0.3, -0.25) is 0 Å². The van der Waals surface area contributed by atoms with Gasteiger partial charge in [0.2, 0.25) is 0 Å². The number of allylic oxidation sites excluding steroid dienone is 2. The highest BCUT2D eigenvalue weighted by Gasteiger charge is 2.34. The number of benzene rings is 2. The minimum absolute atomic E-state index is 0.0326. The maximum absolute atomic E-state index is 13.6. The number of carboxylic acids is 1. The third-order valence-electron chi connectivity index (χ3n) is 5.83. The van der Waals surface area contributed by atoms with Crippen molar-refractivity contribution in [3.8, 4) is 5.75 Å². The highest BCUT2D eigenvalue weighted by atomic mass is 79.9. The van der Waals surface area contributed by atoms with Crippen molar-refractivity contribution in [2.24, 2.45) is 0 Å². The van der Waals surface area contributed by atoms with Crippen LogP contribution >= 0.6 is 15.9 Å². The average molecular weight is 585 g/mol. The van der Waals surface area contributed by atoms with Crippen LogP contribution in [0.25, 0.3) is 11.1 Å². The smallest absolute Gasteiger partial charge is 0.416 e. The molecule has 1 aromatic heterocycles. The molecule has 0 radical (unpaired) electrons. The van der Waals surface area contributed by atoms with Crippen molar-refractivity contribution in [1.82, 2.24) is 4.98 Å². The number of carbonyl (C=O) groups is 1. The van der Waals surface area contributed by atoms with Crippen LogP contribution in [0.1, 0.15) is 57.7 Å². The van der Waals surface area contributed by atoms with E-state index in [1.165, 1.54) is 6.07 Å². The first-order valence-corrected chi connectivity index (χ1v) is 11.7. The van der Waals surface area contributed by atoms with Crippen LogP contribution in [-0.2, 0) is 19.0 Å². The van der Waals surface area contributed by atoms with Crippen molar-refractivity contribution in [2.45, 2.75) is 38.2 Å². The lowest BCUT2D eigenvalue weighted by atomic mass is 9.96. The predicted molar refractivity (Wildman–Crippen MR) is 124 cm³/mol. The van der Waals surface area contributed by atoms with E-state index in [0.717, 1.165) is 22.2 Å². The van der Waals surface area contributed by atoms with Crippen molar-refractivity contribution < 1.29 is 41.0 Å². The Morgan fingerprint density at radius 3 is 2.16 bits per heavy atom. The number of nitrogens with zero attached hydrogens (tertiary/aromatic N) is 1. The van der Waals surface area contributed by atoms with Crippen molar-refractivity contribution in [2.75, 3.05) is 0 Å². The molecule has 11 heteroatoms. The molecule has 0 fully saturated rings. The first-order chi connectivity index (χ1) is 17.3. The van der Waals surface area contributed by atoms with Crippen molar-refractivity contribution in [3.63, 3.8) is 0 Å². The van der Waals surface area contributed by atoms with Gasteiger partial charge in [0, 0.05) is 10.0 Å². The Kier molecular flexibility index (Phi) is 7.36. The summed E-state index contributed by atoms with van der Waals surface area (Å²) in [6.07, 6.45) is -8.68. The number of carboxylic acid groups (broad SMARTS) is 1. The second-order valence-corrected chi connectivity index (χ2v) is 9.26. The molecule has 1 heterocycles. The van der Waals surface area contributed by atoms with Gasteiger partial charge in [0.25, 0.3) is 0 Å². The van der Waals surface area contributed by atoms with E-state index in [9.17, 15) is 36.2 Å². The topological polar surface area (TPSA) is 62.2 Å². The van der Waals surface area contributed by atoms with Gasteiger partial charge in [0.1, 0.15) is 12.4 Å². The van der Waals surface area contributed by atoms with Gasteiger partial charge in [0.05, 0.1) is 28.5 Å². The number of ether oxygens (including phenoxy) is 1. The lowest BCUT2D eigenvalue weighted by Gasteiger charge is -2.18. The fourth-order valence-electron chi connectivity index (χ4n) is 4.09. The third-order valence-corrected chi connectivity index (χ3v) is 6.36. The summed E-state index contributed by atoms with van der Waals surface area (Å²) in [6, 6.07) is 11.1. The third kappa shape index (κ3) is 6.15. The maximum Gasteiger partial charge on any atom is 0.416 e. The van der Waals surface area contributed by atoms with Gasteiger partial charge in [-0.1, -0.05) is 28.1 Å². The van der Waals surface area contributed by atoms with Gasteiger partial charge >= 0.3 is 12.4 Å². The Labute approximate surface area is 215 Å². The number of rotatable bonds is 6. The largest absolute Gasteiger partial charge is 0.543 e. The number of aromatic nitrogens is 1. The molecule has 0 bridgehead atoms. The lowest BCUT2D eigenvalue weighted by Crippen LogP contribution is -2.25. The van der Waals surface area contributed by atoms with E-state index in [-0.39, 0.29) is 42.0 Å². The summed E-state index contributed by atoms with van der Waals surface area (Å²) in [6.45, 7) is 0.0326. The van der Waals surface area contributed by atoms with E-state index in [1.54, 1.807) is 24.3 Å². The average Bonchev–Trinajstić information content (AvgIpc) is 3.32. The fourth-order valence-corrected chi connectivity index (χ4v) is 4.35. The van der Waals surface area contributed by atoms with Crippen LogP contribution in [0.5, 0.6) is 5.75 Å². The molecule has 2 aromatic carbocycles. The summed E-state index contributed by atoms with van der Waals surface area (Å²) in [4.78, 5) is 15.2. The number of aromatic carboxylic acids is 1. The van der Waals surface area contributed by atoms with Gasteiger partial charge in [0.15, 0.2) is 0 Å². The maximum atomic E-state index is 13.6. The number of carbonyl (C=O) groups excluding carboxylic acids is 1. The predicted octanol–water partition coefficient (Wildman–Crippen LogP) is 6.92. The molecule has 0 amide bonds. The lowest BCUT2D eigenvalue weighted by molar-refractivity contribution is -0.255. The normalized spacial score (nSPS) is 14.2. The van der Waals surface area contributed by atoms with Gasteiger partial charge in [-0.05, 0) is 78.4 Å². The van der Waals surface area contributed by atoms with E-state index in [1.807, 2.05) is 0 Å². The van der Waals surface area contributed by atoms with Crippen LogP contribution < -0.4 is 9.84 Å². The Morgan fingerprint density at radius 1 is 0.892 bits per heavy atom. The molecule has 4 rings (SSSR count). The fraction of sp³-hybridized carbons (Fsp3) is 0.231. The molecular formula is C26H17BrF6NO3-. The van der Waals surface area contributed by atoms with Crippen LogP contribution in [0.4, 0.5) is 26.3 Å². The quantitative estimate of drug-likeness (QED) is 0.295. The molecule has 1 aliphatic carbocycles. The summed E-state index contributed by atoms with van der Waals surface area (Å²) in [5.74, 6) is -1.79. The molecule has 0 spiro atoms. The molecule has 0 saturated heterocycles. The van der Waals surface area contributed by atoms with Crippen molar-refractivity contribution >= 4 is 33.0 Å². The summed E-state index contributed by atoms with van der Waals surface area (Å²) in [5.41, 5.74) is -2.05.